The molecule has 4 amide bonds. The van der Waals surface area contributed by atoms with Crippen LogP contribution >= 0.6 is 12.6 Å². The van der Waals surface area contributed by atoms with Crippen LogP contribution in [0.5, 0.6) is 0 Å². The van der Waals surface area contributed by atoms with Gasteiger partial charge in [-0.3, -0.25) is 19.2 Å². The summed E-state index contributed by atoms with van der Waals surface area (Å²) in [7, 11) is 0. The summed E-state index contributed by atoms with van der Waals surface area (Å²) in [6.07, 6.45) is 2.72. The monoisotopic (exact) mass is 443 g/mol. The molecule has 0 bridgehead atoms. The van der Waals surface area contributed by atoms with Crippen LogP contribution in [0.2, 0.25) is 0 Å². The van der Waals surface area contributed by atoms with E-state index in [0.29, 0.717) is 5.69 Å². The second kappa shape index (κ2) is 12.4. The van der Waals surface area contributed by atoms with Gasteiger partial charge in [0.1, 0.15) is 12.1 Å². The zero-order valence-electron chi connectivity index (χ0n) is 16.0. The Morgan fingerprint density at radius 3 is 2.40 bits per heavy atom. The third kappa shape index (κ3) is 8.91. The fourth-order valence-electron chi connectivity index (χ4n) is 2.26. The molecule has 0 aliphatic carbocycles. The normalized spacial score (nSPS) is 13.5. The highest BCUT2D eigenvalue weighted by Gasteiger charge is 2.26. The Morgan fingerprint density at radius 1 is 1.17 bits per heavy atom. The molecule has 0 fully saturated rings. The Hall–Kier alpha value is -3.13. The Balaban J connectivity index is 2.53. The molecule has 13 nitrogen and oxygen atoms in total. The van der Waals surface area contributed by atoms with E-state index in [1.54, 1.807) is 0 Å². The van der Waals surface area contributed by atoms with Gasteiger partial charge in [0.2, 0.25) is 23.6 Å². The van der Waals surface area contributed by atoms with E-state index in [1.165, 1.54) is 12.5 Å². The number of aromatic amines is 1. The summed E-state index contributed by atoms with van der Waals surface area (Å²) in [4.78, 5) is 64.7. The lowest BCUT2D eigenvalue weighted by Gasteiger charge is -2.20. The van der Waals surface area contributed by atoms with E-state index in [1.807, 2.05) is 0 Å². The molecule has 166 valence electrons. The van der Waals surface area contributed by atoms with Gasteiger partial charge in [-0.2, -0.15) is 12.6 Å². The first-order valence-corrected chi connectivity index (χ1v) is 9.49. The van der Waals surface area contributed by atoms with Crippen LogP contribution in [-0.2, 0) is 30.4 Å². The number of hydrogen-bond donors (Lipinski definition) is 8. The van der Waals surface area contributed by atoms with Crippen molar-refractivity contribution in [1.82, 2.24) is 25.9 Å². The number of imidazole rings is 1. The number of carboxylic acids is 1. The molecule has 1 aromatic rings. The number of nitrogens with one attached hydrogen (secondary N) is 4. The molecule has 9 N–H and O–H groups in total. The summed E-state index contributed by atoms with van der Waals surface area (Å²) in [6.45, 7) is -0.475. The third-order valence-corrected chi connectivity index (χ3v) is 4.25. The summed E-state index contributed by atoms with van der Waals surface area (Å²) < 4.78 is 0. The van der Waals surface area contributed by atoms with Crippen molar-refractivity contribution >= 4 is 42.2 Å². The van der Waals surface area contributed by atoms with Crippen molar-refractivity contribution in [1.29, 1.82) is 0 Å². The maximum absolute atomic E-state index is 12.3. The molecule has 0 aliphatic heterocycles. The SMILES string of the molecule is NC(=O)CCC(N)C(=O)NCC(=O)NC(CS)C(=O)NC(Cc1cnc[nH]1)C(=O)O. The van der Waals surface area contributed by atoms with Crippen LogP contribution in [0.4, 0.5) is 0 Å². The summed E-state index contributed by atoms with van der Waals surface area (Å²) in [5.74, 6) is -4.11. The van der Waals surface area contributed by atoms with Gasteiger partial charge in [-0.05, 0) is 6.42 Å². The van der Waals surface area contributed by atoms with E-state index < -0.39 is 54.3 Å². The maximum Gasteiger partial charge on any atom is 0.326 e. The number of carboxylic acid groups (broad SMARTS) is 1. The Kier molecular flexibility index (Phi) is 10.3. The summed E-state index contributed by atoms with van der Waals surface area (Å²) in [6, 6.07) is -3.40. The molecular formula is C16H25N7O6S. The van der Waals surface area contributed by atoms with Crippen LogP contribution in [0.3, 0.4) is 0 Å². The van der Waals surface area contributed by atoms with Crippen molar-refractivity contribution in [3.63, 3.8) is 0 Å². The molecule has 3 unspecified atom stereocenters. The van der Waals surface area contributed by atoms with Crippen LogP contribution in [0.25, 0.3) is 0 Å². The number of nitrogens with zero attached hydrogens (tertiary/aromatic N) is 1. The van der Waals surface area contributed by atoms with Gasteiger partial charge in [-0.15, -0.1) is 0 Å². The van der Waals surface area contributed by atoms with Gasteiger partial charge >= 0.3 is 5.97 Å². The second-order valence-electron chi connectivity index (χ2n) is 6.31. The largest absolute Gasteiger partial charge is 0.480 e. The number of carbonyl (C=O) groups excluding carboxylic acids is 4. The fraction of sp³-hybridized carbons (Fsp3) is 0.500. The van der Waals surface area contributed by atoms with E-state index in [2.05, 4.69) is 38.5 Å². The number of carbonyl (C=O) groups is 5. The van der Waals surface area contributed by atoms with E-state index >= 15 is 0 Å². The first-order valence-electron chi connectivity index (χ1n) is 8.86. The van der Waals surface area contributed by atoms with Gasteiger partial charge in [-0.25, -0.2) is 9.78 Å². The third-order valence-electron chi connectivity index (χ3n) is 3.89. The van der Waals surface area contributed by atoms with E-state index in [0.717, 1.165) is 0 Å². The highest BCUT2D eigenvalue weighted by atomic mass is 32.1. The number of aliphatic carboxylic acids is 1. The van der Waals surface area contributed by atoms with Gasteiger partial charge in [0.25, 0.3) is 0 Å². The van der Waals surface area contributed by atoms with Crippen LogP contribution in [0, 0.1) is 0 Å². The molecule has 30 heavy (non-hydrogen) atoms. The topological polar surface area (TPSA) is 222 Å². The molecule has 0 radical (unpaired) electrons. The number of H-pyrrole nitrogens is 1. The van der Waals surface area contributed by atoms with Crippen molar-refractivity contribution in [3.8, 4) is 0 Å². The summed E-state index contributed by atoms with van der Waals surface area (Å²) in [5, 5.41) is 16.2. The minimum atomic E-state index is -1.26. The van der Waals surface area contributed by atoms with E-state index in [9.17, 15) is 29.1 Å². The number of rotatable bonds is 13. The molecule has 1 heterocycles. The predicted molar refractivity (Wildman–Crippen MR) is 107 cm³/mol. The first kappa shape index (κ1) is 24.9. The molecular weight excluding hydrogens is 418 g/mol. The minimum Gasteiger partial charge on any atom is -0.480 e. The van der Waals surface area contributed by atoms with Crippen molar-refractivity contribution < 1.29 is 29.1 Å². The summed E-state index contributed by atoms with van der Waals surface area (Å²) >= 11 is 3.99. The molecule has 0 spiro atoms. The highest BCUT2D eigenvalue weighted by molar-refractivity contribution is 7.80. The predicted octanol–water partition coefficient (Wildman–Crippen LogP) is -3.35. The van der Waals surface area contributed by atoms with Gasteiger partial charge < -0.3 is 37.5 Å². The lowest BCUT2D eigenvalue weighted by atomic mass is 10.1. The van der Waals surface area contributed by atoms with Gasteiger partial charge in [0, 0.05) is 30.5 Å². The quantitative estimate of drug-likeness (QED) is 0.143. The van der Waals surface area contributed by atoms with Crippen molar-refractivity contribution in [2.45, 2.75) is 37.4 Å². The molecule has 0 saturated carbocycles. The minimum absolute atomic E-state index is 0.0252. The molecule has 0 aromatic carbocycles. The summed E-state index contributed by atoms with van der Waals surface area (Å²) in [5.41, 5.74) is 11.1. The molecule has 1 rings (SSSR count). The zero-order valence-corrected chi connectivity index (χ0v) is 16.9. The van der Waals surface area contributed by atoms with Gasteiger partial charge in [0.05, 0.1) is 18.9 Å². The van der Waals surface area contributed by atoms with E-state index in [4.69, 9.17) is 11.5 Å². The first-order chi connectivity index (χ1) is 14.1. The van der Waals surface area contributed by atoms with Crippen LogP contribution in [-0.4, -0.2) is 75.1 Å². The Bertz CT molecular complexity index is 757. The number of hydrogen-bond acceptors (Lipinski definition) is 8. The number of nitrogens with two attached hydrogens (primary N) is 2. The molecule has 0 aliphatic rings. The number of primary amides is 1. The number of amides is 4. The van der Waals surface area contributed by atoms with Crippen molar-refractivity contribution in [3.05, 3.63) is 18.2 Å². The van der Waals surface area contributed by atoms with Crippen LogP contribution < -0.4 is 27.4 Å². The molecule has 0 saturated heterocycles. The molecule has 14 heteroatoms. The van der Waals surface area contributed by atoms with Crippen LogP contribution in [0.1, 0.15) is 18.5 Å². The van der Waals surface area contributed by atoms with Crippen molar-refractivity contribution in [2.75, 3.05) is 12.3 Å². The van der Waals surface area contributed by atoms with Gasteiger partial charge in [0.15, 0.2) is 0 Å². The average Bonchev–Trinajstić information content (AvgIpc) is 3.20. The molecule has 3 atom stereocenters. The average molecular weight is 443 g/mol. The Morgan fingerprint density at radius 2 is 1.87 bits per heavy atom. The molecule has 1 aromatic heterocycles. The van der Waals surface area contributed by atoms with E-state index in [-0.39, 0.29) is 25.0 Å². The van der Waals surface area contributed by atoms with Crippen molar-refractivity contribution in [2.24, 2.45) is 11.5 Å². The lowest BCUT2D eigenvalue weighted by molar-refractivity contribution is -0.142. The Labute approximate surface area is 177 Å². The second-order valence-corrected chi connectivity index (χ2v) is 6.68. The fourth-order valence-corrected chi connectivity index (χ4v) is 2.51. The lowest BCUT2D eigenvalue weighted by Crippen LogP contribution is -2.54. The standard InChI is InChI=1S/C16H25N7O6S/c17-9(1-2-12(18)24)14(26)20-5-13(25)22-11(6-30)15(27)23-10(16(28)29)3-8-4-19-7-21-8/h4,7,9-11,30H,1-3,5-6,17H2,(H2,18,24)(H,19,21)(H,20,26)(H,22,25)(H,23,27)(H,28,29). The van der Waals surface area contributed by atoms with Gasteiger partial charge in [-0.1, -0.05) is 0 Å². The zero-order chi connectivity index (χ0) is 22.7. The smallest absolute Gasteiger partial charge is 0.326 e. The highest BCUT2D eigenvalue weighted by Crippen LogP contribution is 2.00. The van der Waals surface area contributed by atoms with Crippen LogP contribution in [0.15, 0.2) is 12.5 Å². The number of thiol groups is 1. The maximum atomic E-state index is 12.3. The number of aromatic nitrogens is 2.